The standard InChI is InChI=1S/C12H26O2Si/c1-7-11(13)9-8-10-14-15(5,6)12(2,3)4/h8-9,11,13H,7,10H2,1-6H3/b9-8+/t11-/m0/s1. The van der Waals surface area contributed by atoms with E-state index < -0.39 is 8.32 Å². The van der Waals surface area contributed by atoms with Crippen LogP contribution in [-0.4, -0.2) is 26.1 Å². The number of aliphatic hydroxyl groups excluding tert-OH is 1. The van der Waals surface area contributed by atoms with Crippen LogP contribution < -0.4 is 0 Å². The lowest BCUT2D eigenvalue weighted by Crippen LogP contribution is -2.40. The zero-order valence-electron chi connectivity index (χ0n) is 11.0. The van der Waals surface area contributed by atoms with Gasteiger partial charge in [0.2, 0.25) is 0 Å². The van der Waals surface area contributed by atoms with Crippen LogP contribution in [0.25, 0.3) is 0 Å². The zero-order chi connectivity index (χ0) is 12.1. The van der Waals surface area contributed by atoms with Gasteiger partial charge in [0.25, 0.3) is 0 Å². The molecule has 0 aliphatic rings. The molecule has 2 nitrogen and oxygen atoms in total. The van der Waals surface area contributed by atoms with E-state index in [0.29, 0.717) is 6.61 Å². The van der Waals surface area contributed by atoms with Crippen LogP contribution in [0.5, 0.6) is 0 Å². The van der Waals surface area contributed by atoms with Gasteiger partial charge in [-0.05, 0) is 24.6 Å². The molecule has 0 fully saturated rings. The van der Waals surface area contributed by atoms with Gasteiger partial charge >= 0.3 is 0 Å². The first kappa shape index (κ1) is 14.9. The molecule has 0 heterocycles. The maximum atomic E-state index is 9.32. The highest BCUT2D eigenvalue weighted by atomic mass is 28.4. The molecular weight excluding hydrogens is 204 g/mol. The first-order chi connectivity index (χ1) is 6.70. The molecule has 0 amide bonds. The van der Waals surface area contributed by atoms with Crippen LogP contribution in [0.15, 0.2) is 12.2 Å². The third-order valence-corrected chi connectivity index (χ3v) is 7.62. The fraction of sp³-hybridized carbons (Fsp3) is 0.833. The van der Waals surface area contributed by atoms with Gasteiger partial charge < -0.3 is 9.53 Å². The highest BCUT2D eigenvalue weighted by molar-refractivity contribution is 6.74. The Balaban J connectivity index is 4.01. The van der Waals surface area contributed by atoms with E-state index in [2.05, 4.69) is 33.9 Å². The van der Waals surface area contributed by atoms with Gasteiger partial charge in [0.15, 0.2) is 8.32 Å². The maximum Gasteiger partial charge on any atom is 0.192 e. The molecule has 0 rings (SSSR count). The summed E-state index contributed by atoms with van der Waals surface area (Å²) in [7, 11) is -1.62. The van der Waals surface area contributed by atoms with Crippen LogP contribution >= 0.6 is 0 Å². The van der Waals surface area contributed by atoms with Crippen molar-refractivity contribution >= 4 is 8.32 Å². The Kier molecular flexibility index (Phi) is 5.78. The second-order valence-electron chi connectivity index (χ2n) is 5.48. The monoisotopic (exact) mass is 230 g/mol. The van der Waals surface area contributed by atoms with Crippen molar-refractivity contribution in [2.24, 2.45) is 0 Å². The summed E-state index contributed by atoms with van der Waals surface area (Å²) in [5.74, 6) is 0. The SMILES string of the molecule is CC[C@H](O)/C=C/CO[Si](C)(C)C(C)(C)C. The van der Waals surface area contributed by atoms with Gasteiger partial charge in [-0.15, -0.1) is 0 Å². The molecule has 0 unspecified atom stereocenters. The fourth-order valence-corrected chi connectivity index (χ4v) is 1.77. The lowest BCUT2D eigenvalue weighted by molar-refractivity contribution is 0.217. The van der Waals surface area contributed by atoms with Gasteiger partial charge in [0, 0.05) is 0 Å². The lowest BCUT2D eigenvalue weighted by Gasteiger charge is -2.35. The molecule has 0 aromatic carbocycles. The van der Waals surface area contributed by atoms with Crippen molar-refractivity contribution in [1.82, 2.24) is 0 Å². The molecular formula is C12H26O2Si. The summed E-state index contributed by atoms with van der Waals surface area (Å²) in [5.41, 5.74) is 0. The Hall–Kier alpha value is -0.123. The van der Waals surface area contributed by atoms with Crippen molar-refractivity contribution in [1.29, 1.82) is 0 Å². The van der Waals surface area contributed by atoms with Crippen LogP contribution in [-0.2, 0) is 4.43 Å². The van der Waals surface area contributed by atoms with Gasteiger partial charge in [-0.1, -0.05) is 39.8 Å². The minimum atomic E-state index is -1.62. The van der Waals surface area contributed by atoms with Gasteiger partial charge in [-0.2, -0.15) is 0 Å². The lowest BCUT2D eigenvalue weighted by atomic mass is 10.2. The molecule has 0 aromatic heterocycles. The molecule has 0 spiro atoms. The molecule has 0 aromatic rings. The van der Waals surface area contributed by atoms with Crippen molar-refractivity contribution in [2.75, 3.05) is 6.61 Å². The Morgan fingerprint density at radius 3 is 2.27 bits per heavy atom. The topological polar surface area (TPSA) is 29.5 Å². The van der Waals surface area contributed by atoms with Gasteiger partial charge in [-0.25, -0.2) is 0 Å². The summed E-state index contributed by atoms with van der Waals surface area (Å²) in [6.45, 7) is 13.7. The second-order valence-corrected chi connectivity index (χ2v) is 10.3. The van der Waals surface area contributed by atoms with Crippen molar-refractivity contribution in [3.63, 3.8) is 0 Å². The van der Waals surface area contributed by atoms with E-state index in [1.807, 2.05) is 19.1 Å². The third-order valence-electron chi connectivity index (χ3n) is 3.12. The number of rotatable bonds is 5. The Labute approximate surface area is 95.5 Å². The molecule has 0 bridgehead atoms. The smallest absolute Gasteiger partial charge is 0.192 e. The molecule has 1 atom stereocenters. The summed E-state index contributed by atoms with van der Waals surface area (Å²) in [6.07, 6.45) is 4.17. The van der Waals surface area contributed by atoms with Crippen LogP contribution in [0.4, 0.5) is 0 Å². The predicted molar refractivity (Wildman–Crippen MR) is 68.6 cm³/mol. The first-order valence-electron chi connectivity index (χ1n) is 5.69. The van der Waals surface area contributed by atoms with Gasteiger partial charge in [-0.3, -0.25) is 0 Å². The number of hydrogen-bond donors (Lipinski definition) is 1. The van der Waals surface area contributed by atoms with Crippen molar-refractivity contribution in [2.45, 2.75) is 58.4 Å². The second kappa shape index (κ2) is 5.82. The van der Waals surface area contributed by atoms with Gasteiger partial charge in [0.05, 0.1) is 12.7 Å². The third kappa shape index (κ3) is 5.49. The van der Waals surface area contributed by atoms with E-state index in [1.54, 1.807) is 0 Å². The van der Waals surface area contributed by atoms with Crippen molar-refractivity contribution < 1.29 is 9.53 Å². The quantitative estimate of drug-likeness (QED) is 0.580. The van der Waals surface area contributed by atoms with Crippen LogP contribution in [0.1, 0.15) is 34.1 Å². The normalized spacial score (nSPS) is 15.9. The Morgan fingerprint density at radius 1 is 1.33 bits per heavy atom. The van der Waals surface area contributed by atoms with Crippen molar-refractivity contribution in [3.05, 3.63) is 12.2 Å². The van der Waals surface area contributed by atoms with E-state index >= 15 is 0 Å². The summed E-state index contributed by atoms with van der Waals surface area (Å²) < 4.78 is 5.93. The molecule has 3 heteroatoms. The van der Waals surface area contributed by atoms with Crippen molar-refractivity contribution in [3.8, 4) is 0 Å². The molecule has 1 N–H and O–H groups in total. The average Bonchev–Trinajstić information content (AvgIpc) is 2.10. The average molecular weight is 230 g/mol. The van der Waals surface area contributed by atoms with Gasteiger partial charge in [0.1, 0.15) is 0 Å². The van der Waals surface area contributed by atoms with Crippen LogP contribution in [0, 0.1) is 0 Å². The summed E-state index contributed by atoms with van der Waals surface area (Å²) in [6, 6.07) is 0. The highest BCUT2D eigenvalue weighted by Crippen LogP contribution is 2.36. The molecule has 15 heavy (non-hydrogen) atoms. The molecule has 0 aliphatic carbocycles. The summed E-state index contributed by atoms with van der Waals surface area (Å²) in [4.78, 5) is 0. The van der Waals surface area contributed by atoms with E-state index in [1.165, 1.54) is 0 Å². The predicted octanol–water partition coefficient (Wildman–Crippen LogP) is 3.34. The minimum Gasteiger partial charge on any atom is -0.413 e. The molecule has 0 saturated heterocycles. The van der Waals surface area contributed by atoms with Crippen LogP contribution in [0.2, 0.25) is 18.1 Å². The summed E-state index contributed by atoms with van der Waals surface area (Å²) in [5, 5.41) is 9.57. The van der Waals surface area contributed by atoms with E-state index in [4.69, 9.17) is 4.43 Å². The Bertz CT molecular complexity index is 204. The maximum absolute atomic E-state index is 9.32. The van der Waals surface area contributed by atoms with E-state index in [0.717, 1.165) is 6.42 Å². The van der Waals surface area contributed by atoms with E-state index in [-0.39, 0.29) is 11.1 Å². The zero-order valence-corrected chi connectivity index (χ0v) is 12.0. The minimum absolute atomic E-state index is 0.254. The number of aliphatic hydroxyl groups is 1. The fourth-order valence-electron chi connectivity index (χ4n) is 0.822. The van der Waals surface area contributed by atoms with E-state index in [9.17, 15) is 5.11 Å². The number of hydrogen-bond acceptors (Lipinski definition) is 2. The molecule has 90 valence electrons. The Morgan fingerprint density at radius 2 is 1.87 bits per heavy atom. The molecule has 0 radical (unpaired) electrons. The molecule has 0 saturated carbocycles. The first-order valence-corrected chi connectivity index (χ1v) is 8.60. The van der Waals surface area contributed by atoms with Crippen LogP contribution in [0.3, 0.4) is 0 Å². The summed E-state index contributed by atoms with van der Waals surface area (Å²) >= 11 is 0. The highest BCUT2D eigenvalue weighted by Gasteiger charge is 2.36. The largest absolute Gasteiger partial charge is 0.413 e. The molecule has 0 aliphatic heterocycles.